The lowest BCUT2D eigenvalue weighted by Gasteiger charge is -2.29. The number of benzene rings is 5. The summed E-state index contributed by atoms with van der Waals surface area (Å²) in [6.45, 7) is 0. The van der Waals surface area contributed by atoms with E-state index in [1.807, 2.05) is 6.07 Å². The van der Waals surface area contributed by atoms with Crippen molar-refractivity contribution in [1.82, 2.24) is 14.9 Å². The van der Waals surface area contributed by atoms with Crippen LogP contribution < -0.4 is 5.32 Å². The highest BCUT2D eigenvalue weighted by molar-refractivity contribution is 6.16. The average Bonchev–Trinajstić information content (AvgIpc) is 3.68. The van der Waals surface area contributed by atoms with Crippen molar-refractivity contribution in [3.63, 3.8) is 0 Å². The number of hydrogen-bond acceptors (Lipinski definition) is 4. The Morgan fingerprint density at radius 1 is 0.656 bits per heavy atom. The Balaban J connectivity index is 0.849. The molecule has 0 amide bonds. The Labute approximate surface area is 356 Å². The zero-order valence-electron chi connectivity index (χ0n) is 34.0. The van der Waals surface area contributed by atoms with E-state index < -0.39 is 0 Å². The molecule has 4 unspecified atom stereocenters. The first-order valence-electron chi connectivity index (χ1n) is 21.8. The molecule has 4 atom stereocenters. The molecule has 5 nitrogen and oxygen atoms in total. The summed E-state index contributed by atoms with van der Waals surface area (Å²) in [5.74, 6) is 3.75. The number of amidine groups is 2. The molecule has 294 valence electrons. The van der Waals surface area contributed by atoms with Crippen LogP contribution in [0.4, 0.5) is 0 Å². The number of para-hydroxylation sites is 1. The maximum Gasteiger partial charge on any atom is 0.169 e. The van der Waals surface area contributed by atoms with Gasteiger partial charge in [0, 0.05) is 33.9 Å². The Morgan fingerprint density at radius 3 is 2.41 bits per heavy atom. The summed E-state index contributed by atoms with van der Waals surface area (Å²) in [5, 5.41) is 6.05. The van der Waals surface area contributed by atoms with Gasteiger partial charge in [0.15, 0.2) is 6.17 Å². The number of aromatic nitrogens is 2. The third kappa shape index (κ3) is 6.35. The van der Waals surface area contributed by atoms with Gasteiger partial charge >= 0.3 is 0 Å². The van der Waals surface area contributed by atoms with Gasteiger partial charge in [0.2, 0.25) is 0 Å². The number of rotatable bonds is 6. The molecule has 0 saturated carbocycles. The van der Waals surface area contributed by atoms with Gasteiger partial charge in [-0.2, -0.15) is 0 Å². The highest BCUT2D eigenvalue weighted by atomic mass is 15.2. The minimum atomic E-state index is -0.350. The fourth-order valence-electron chi connectivity index (χ4n) is 10.3. The summed E-state index contributed by atoms with van der Waals surface area (Å²) >= 11 is 0. The van der Waals surface area contributed by atoms with Crippen LogP contribution in [0.3, 0.4) is 0 Å². The van der Waals surface area contributed by atoms with Crippen LogP contribution in [0, 0.1) is 17.8 Å². The van der Waals surface area contributed by atoms with Crippen molar-refractivity contribution in [3.05, 3.63) is 221 Å². The molecule has 0 bridgehead atoms. The van der Waals surface area contributed by atoms with Crippen molar-refractivity contribution in [2.45, 2.75) is 38.3 Å². The molecule has 1 aromatic heterocycles. The molecular formula is C56H45N5. The Hall–Kier alpha value is -7.11. The maximum atomic E-state index is 5.42. The van der Waals surface area contributed by atoms with E-state index >= 15 is 0 Å². The summed E-state index contributed by atoms with van der Waals surface area (Å²) in [6.07, 6.45) is 30.7. The molecule has 0 radical (unpaired) electrons. The van der Waals surface area contributed by atoms with Crippen molar-refractivity contribution in [3.8, 4) is 0 Å². The van der Waals surface area contributed by atoms with E-state index in [1.54, 1.807) is 0 Å². The lowest BCUT2D eigenvalue weighted by molar-refractivity contribution is 0.484. The van der Waals surface area contributed by atoms with E-state index in [-0.39, 0.29) is 6.17 Å². The third-order valence-electron chi connectivity index (χ3n) is 13.4. The van der Waals surface area contributed by atoms with E-state index in [1.165, 1.54) is 55.4 Å². The summed E-state index contributed by atoms with van der Waals surface area (Å²) in [4.78, 5) is 15.8. The number of aliphatic imine (C=N–C) groups is 2. The molecule has 0 spiro atoms. The number of imidazole rings is 1. The predicted octanol–water partition coefficient (Wildman–Crippen LogP) is 12.8. The van der Waals surface area contributed by atoms with Gasteiger partial charge in [-0.25, -0.2) is 15.0 Å². The standard InChI is InChI=1S/C56H45N5/c1-2-15-37(16-3-1)53-58-54(60-55(59-53)44-31-30-36-14-4-5-17-38(36)33-44)43-22-11-20-41(34-43)39-18-10-19-40(32-39)42-21-12-23-45(35-42)56-57-50-28-13-27-49-47-25-7-6-24-46(47)48-26-8-9-29-51(48)61(56)52(49)50/h1-6,8-20,22-24,27-31,33-35,40,42,48,53H,7,21,25-26,32H2,(H,58,59,60). The normalized spacial score (nSPS) is 22.7. The molecule has 0 saturated heterocycles. The quantitative estimate of drug-likeness (QED) is 0.183. The first-order chi connectivity index (χ1) is 30.2. The van der Waals surface area contributed by atoms with Crippen LogP contribution in [-0.2, 0) is 0 Å². The molecule has 61 heavy (non-hydrogen) atoms. The summed E-state index contributed by atoms with van der Waals surface area (Å²) in [6, 6.07) is 41.0. The maximum absolute atomic E-state index is 5.42. The second-order valence-electron chi connectivity index (χ2n) is 17.0. The van der Waals surface area contributed by atoms with Gasteiger partial charge in [-0.15, -0.1) is 0 Å². The number of nitrogens with zero attached hydrogens (tertiary/aromatic N) is 4. The first kappa shape index (κ1) is 35.8. The van der Waals surface area contributed by atoms with Gasteiger partial charge in [-0.3, -0.25) is 4.57 Å². The van der Waals surface area contributed by atoms with Gasteiger partial charge in [0.1, 0.15) is 17.5 Å². The molecule has 1 N–H and O–H groups in total. The van der Waals surface area contributed by atoms with Crippen LogP contribution >= 0.6 is 0 Å². The van der Waals surface area contributed by atoms with Crippen LogP contribution in [0.5, 0.6) is 0 Å². The fraction of sp³-hybridized carbons (Fsp3) is 0.161. The largest absolute Gasteiger partial charge is 0.324 e. The highest BCUT2D eigenvalue weighted by Crippen LogP contribution is 2.48. The molecule has 12 rings (SSSR count). The zero-order valence-corrected chi connectivity index (χ0v) is 34.0. The molecule has 2 aliphatic heterocycles. The van der Waals surface area contributed by atoms with Gasteiger partial charge in [0.05, 0.1) is 11.0 Å². The second kappa shape index (κ2) is 14.9. The van der Waals surface area contributed by atoms with Gasteiger partial charge in [0.25, 0.3) is 0 Å². The zero-order chi connectivity index (χ0) is 40.3. The molecule has 0 fully saturated rings. The Kier molecular flexibility index (Phi) is 8.72. The van der Waals surface area contributed by atoms with Gasteiger partial charge in [-0.1, -0.05) is 158 Å². The Morgan fingerprint density at radius 2 is 1.49 bits per heavy atom. The number of hydrogen-bond donors (Lipinski definition) is 1. The lowest BCUT2D eigenvalue weighted by Crippen LogP contribution is -2.36. The van der Waals surface area contributed by atoms with Crippen LogP contribution in [0.25, 0.3) is 44.2 Å². The first-order valence-corrected chi connectivity index (χ1v) is 21.8. The molecule has 6 aromatic rings. The fourth-order valence-corrected chi connectivity index (χ4v) is 10.3. The molecule has 5 aromatic carbocycles. The van der Waals surface area contributed by atoms with E-state index in [9.17, 15) is 0 Å². The number of allylic oxidation sites excluding steroid dienone is 16. The number of nitrogens with one attached hydrogen (secondary N) is 1. The molecular weight excluding hydrogens is 743 g/mol. The van der Waals surface area contributed by atoms with Crippen molar-refractivity contribution in [2.24, 2.45) is 27.7 Å². The molecule has 3 heterocycles. The second-order valence-corrected chi connectivity index (χ2v) is 17.0. The molecule has 5 heteroatoms. The molecule has 6 aliphatic rings. The third-order valence-corrected chi connectivity index (χ3v) is 13.4. The average molecular weight is 788 g/mol. The summed E-state index contributed by atoms with van der Waals surface area (Å²) in [5.41, 5.74) is 14.9. The predicted molar refractivity (Wildman–Crippen MR) is 253 cm³/mol. The van der Waals surface area contributed by atoms with Crippen LogP contribution in [0.1, 0.15) is 71.9 Å². The minimum Gasteiger partial charge on any atom is -0.324 e. The van der Waals surface area contributed by atoms with E-state index in [2.05, 4.69) is 186 Å². The van der Waals surface area contributed by atoms with E-state index in [0.29, 0.717) is 17.8 Å². The monoisotopic (exact) mass is 787 g/mol. The van der Waals surface area contributed by atoms with Crippen molar-refractivity contribution >= 4 is 55.9 Å². The highest BCUT2D eigenvalue weighted by Gasteiger charge is 2.33. The Bertz CT molecular complexity index is 3100. The minimum absolute atomic E-state index is 0.324. The lowest BCUT2D eigenvalue weighted by atomic mass is 9.78. The van der Waals surface area contributed by atoms with E-state index in [0.717, 1.165) is 71.8 Å². The molecule has 4 aliphatic carbocycles. The number of fused-ring (bicyclic) bond motifs is 5. The summed E-state index contributed by atoms with van der Waals surface area (Å²) < 4.78 is 2.51. The van der Waals surface area contributed by atoms with Crippen LogP contribution in [0.2, 0.25) is 0 Å². The van der Waals surface area contributed by atoms with Crippen molar-refractivity contribution in [1.29, 1.82) is 0 Å². The van der Waals surface area contributed by atoms with Crippen molar-refractivity contribution < 1.29 is 0 Å². The van der Waals surface area contributed by atoms with E-state index in [4.69, 9.17) is 15.0 Å². The van der Waals surface area contributed by atoms with Gasteiger partial charge in [-0.05, 0) is 107 Å². The SMILES string of the molecule is C1=CCC2C(=C1)n1c(C3=CC(C4C=CC=C(c5cccc(C6=NC(c7ccccc7)N=C(c7ccc8ccccc8c7)N6)c5)C4)CC=C3)nc3cccc(c31)C1=C2C=CCC1. The van der Waals surface area contributed by atoms with Crippen LogP contribution in [0.15, 0.2) is 198 Å². The van der Waals surface area contributed by atoms with Crippen LogP contribution in [-0.4, -0.2) is 21.2 Å². The van der Waals surface area contributed by atoms with Crippen molar-refractivity contribution in [2.75, 3.05) is 0 Å². The summed E-state index contributed by atoms with van der Waals surface area (Å²) in [7, 11) is 0. The van der Waals surface area contributed by atoms with Gasteiger partial charge < -0.3 is 5.32 Å². The smallest absolute Gasteiger partial charge is 0.169 e. The topological polar surface area (TPSA) is 54.6 Å².